The standard InChI is InChI=1S/C33H43NO8/c1-6-42-31(37)32(16-14-24(35)11-7-9-22-12-13-26(38-2)27(19-22)39-3)17-18-33(34-30(32)36)15-8-10-23-20-28(40-4)29(41-5)21-25(23)33/h12-13,19-21H,6-11,14-18H2,1-5H3,(H,34,36). The molecule has 0 radical (unpaired) electrons. The molecule has 2 unspecified atom stereocenters. The van der Waals surface area contributed by atoms with Crippen LogP contribution in [-0.2, 0) is 37.5 Å². The summed E-state index contributed by atoms with van der Waals surface area (Å²) >= 11 is 0. The Balaban J connectivity index is 1.45. The number of amides is 1. The molecule has 9 heteroatoms. The Hall–Kier alpha value is -3.75. The zero-order valence-corrected chi connectivity index (χ0v) is 25.4. The number of ether oxygens (including phenoxy) is 5. The van der Waals surface area contributed by atoms with E-state index in [2.05, 4.69) is 5.32 Å². The van der Waals surface area contributed by atoms with Crippen LogP contribution < -0.4 is 24.3 Å². The van der Waals surface area contributed by atoms with Gasteiger partial charge in [0.25, 0.3) is 0 Å². The van der Waals surface area contributed by atoms with Crippen LogP contribution in [0.15, 0.2) is 30.3 Å². The largest absolute Gasteiger partial charge is 0.493 e. The smallest absolute Gasteiger partial charge is 0.321 e. The number of Topliss-reactive ketones (excluding diaryl/α,β-unsaturated/α-hetero) is 1. The van der Waals surface area contributed by atoms with Crippen LogP contribution in [0.25, 0.3) is 0 Å². The van der Waals surface area contributed by atoms with Crippen molar-refractivity contribution < 1.29 is 38.1 Å². The van der Waals surface area contributed by atoms with Gasteiger partial charge in [-0.25, -0.2) is 0 Å². The molecule has 2 aliphatic rings. The van der Waals surface area contributed by atoms with E-state index in [4.69, 9.17) is 23.7 Å². The Morgan fingerprint density at radius 2 is 1.55 bits per heavy atom. The van der Waals surface area contributed by atoms with E-state index in [1.54, 1.807) is 35.4 Å². The third-order valence-corrected chi connectivity index (χ3v) is 8.81. The SMILES string of the molecule is CCOC(=O)C1(CCC(=O)CCCc2ccc(OC)c(OC)c2)CCC2(CCCc3cc(OC)c(OC)cc32)NC1=O. The molecule has 2 atom stereocenters. The van der Waals surface area contributed by atoms with E-state index >= 15 is 0 Å². The first-order valence-electron chi connectivity index (χ1n) is 14.7. The molecule has 1 N–H and O–H groups in total. The van der Waals surface area contributed by atoms with Gasteiger partial charge in [-0.3, -0.25) is 14.4 Å². The molecule has 1 aliphatic carbocycles. The van der Waals surface area contributed by atoms with Crippen LogP contribution in [0.2, 0.25) is 0 Å². The summed E-state index contributed by atoms with van der Waals surface area (Å²) in [7, 11) is 6.38. The molecule has 42 heavy (non-hydrogen) atoms. The minimum Gasteiger partial charge on any atom is -0.493 e. The zero-order chi connectivity index (χ0) is 30.3. The van der Waals surface area contributed by atoms with E-state index in [0.29, 0.717) is 55.1 Å². The van der Waals surface area contributed by atoms with E-state index in [0.717, 1.165) is 36.0 Å². The van der Waals surface area contributed by atoms with Crippen molar-refractivity contribution in [3.63, 3.8) is 0 Å². The van der Waals surface area contributed by atoms with Crippen molar-refractivity contribution in [1.82, 2.24) is 5.32 Å². The number of carbonyl (C=O) groups is 3. The van der Waals surface area contributed by atoms with Gasteiger partial charge in [-0.2, -0.15) is 0 Å². The summed E-state index contributed by atoms with van der Waals surface area (Å²) in [6.07, 6.45) is 5.36. The van der Waals surface area contributed by atoms with E-state index < -0.39 is 16.9 Å². The molecule has 1 spiro atoms. The average molecular weight is 582 g/mol. The topological polar surface area (TPSA) is 109 Å². The third-order valence-electron chi connectivity index (χ3n) is 8.81. The Morgan fingerprint density at radius 3 is 2.21 bits per heavy atom. The van der Waals surface area contributed by atoms with Gasteiger partial charge in [-0.05, 0) is 99.2 Å². The number of fused-ring (bicyclic) bond motifs is 2. The van der Waals surface area contributed by atoms with Gasteiger partial charge in [0.2, 0.25) is 5.91 Å². The number of benzene rings is 2. The normalized spacial score (nSPS) is 21.2. The monoisotopic (exact) mass is 581 g/mol. The summed E-state index contributed by atoms with van der Waals surface area (Å²) in [4.78, 5) is 40.2. The van der Waals surface area contributed by atoms with Crippen LogP contribution >= 0.6 is 0 Å². The molecular weight excluding hydrogens is 538 g/mol. The van der Waals surface area contributed by atoms with Crippen molar-refractivity contribution in [3.05, 3.63) is 47.0 Å². The lowest BCUT2D eigenvalue weighted by atomic mass is 9.65. The number of nitrogens with one attached hydrogen (secondary N) is 1. The van der Waals surface area contributed by atoms with E-state index in [1.807, 2.05) is 30.3 Å². The number of hydrogen-bond donors (Lipinski definition) is 1. The second-order valence-electron chi connectivity index (χ2n) is 11.1. The second-order valence-corrected chi connectivity index (χ2v) is 11.1. The number of esters is 1. The first-order chi connectivity index (χ1) is 20.2. The zero-order valence-electron chi connectivity index (χ0n) is 25.4. The maximum absolute atomic E-state index is 13.9. The molecule has 2 aromatic carbocycles. The Labute approximate surface area is 248 Å². The molecule has 1 aliphatic heterocycles. The van der Waals surface area contributed by atoms with Crippen molar-refractivity contribution in [2.45, 2.75) is 76.7 Å². The van der Waals surface area contributed by atoms with Crippen LogP contribution in [0.5, 0.6) is 23.0 Å². The number of ketones is 1. The fourth-order valence-corrected chi connectivity index (χ4v) is 6.43. The van der Waals surface area contributed by atoms with Crippen LogP contribution in [0.3, 0.4) is 0 Å². The molecule has 2 aromatic rings. The number of rotatable bonds is 13. The van der Waals surface area contributed by atoms with Gasteiger partial charge < -0.3 is 29.0 Å². The summed E-state index contributed by atoms with van der Waals surface area (Å²) in [6, 6.07) is 9.65. The number of aryl methyl sites for hydroxylation is 2. The average Bonchev–Trinajstić information content (AvgIpc) is 3.00. The highest BCUT2D eigenvalue weighted by Gasteiger charge is 2.55. The van der Waals surface area contributed by atoms with Crippen molar-refractivity contribution >= 4 is 17.7 Å². The number of piperidine rings is 1. The molecule has 1 heterocycles. The Morgan fingerprint density at radius 1 is 0.857 bits per heavy atom. The first-order valence-corrected chi connectivity index (χ1v) is 14.7. The summed E-state index contributed by atoms with van der Waals surface area (Å²) in [5.41, 5.74) is 1.15. The van der Waals surface area contributed by atoms with Crippen LogP contribution in [0, 0.1) is 5.41 Å². The Kier molecular flexibility index (Phi) is 10.0. The predicted octanol–water partition coefficient (Wildman–Crippen LogP) is 5.08. The Bertz CT molecular complexity index is 1310. The van der Waals surface area contributed by atoms with Crippen LogP contribution in [0.1, 0.15) is 75.0 Å². The maximum Gasteiger partial charge on any atom is 0.321 e. The van der Waals surface area contributed by atoms with Gasteiger partial charge >= 0.3 is 5.97 Å². The number of carbonyl (C=O) groups excluding carboxylic acids is 3. The molecule has 4 rings (SSSR count). The third kappa shape index (κ3) is 6.20. The predicted molar refractivity (Wildman–Crippen MR) is 157 cm³/mol. The lowest BCUT2D eigenvalue weighted by Gasteiger charge is -2.48. The highest BCUT2D eigenvalue weighted by molar-refractivity contribution is 6.04. The lowest BCUT2D eigenvalue weighted by Crippen LogP contribution is -2.60. The molecule has 1 amide bonds. The summed E-state index contributed by atoms with van der Waals surface area (Å²) in [5, 5.41) is 3.25. The van der Waals surface area contributed by atoms with Crippen LogP contribution in [0.4, 0.5) is 0 Å². The van der Waals surface area contributed by atoms with Crippen molar-refractivity contribution in [3.8, 4) is 23.0 Å². The van der Waals surface area contributed by atoms with Crippen molar-refractivity contribution in [2.24, 2.45) is 5.41 Å². The first kappa shape index (κ1) is 31.2. The van der Waals surface area contributed by atoms with Crippen molar-refractivity contribution in [2.75, 3.05) is 35.0 Å². The maximum atomic E-state index is 13.9. The second kappa shape index (κ2) is 13.5. The van der Waals surface area contributed by atoms with Gasteiger partial charge in [-0.15, -0.1) is 0 Å². The molecule has 9 nitrogen and oxygen atoms in total. The highest BCUT2D eigenvalue weighted by atomic mass is 16.5. The quantitative estimate of drug-likeness (QED) is 0.258. The molecule has 1 saturated heterocycles. The van der Waals surface area contributed by atoms with Gasteiger partial charge in [-0.1, -0.05) is 6.07 Å². The van der Waals surface area contributed by atoms with Gasteiger partial charge in [0, 0.05) is 12.8 Å². The van der Waals surface area contributed by atoms with Gasteiger partial charge in [0.15, 0.2) is 23.0 Å². The number of hydrogen-bond acceptors (Lipinski definition) is 8. The molecule has 0 aromatic heterocycles. The fourth-order valence-electron chi connectivity index (χ4n) is 6.43. The molecule has 1 fully saturated rings. The summed E-state index contributed by atoms with van der Waals surface area (Å²) < 4.78 is 27.1. The van der Waals surface area contributed by atoms with Crippen LogP contribution in [-0.4, -0.2) is 52.7 Å². The minimum atomic E-state index is -1.39. The fraction of sp³-hybridized carbons (Fsp3) is 0.545. The molecule has 228 valence electrons. The lowest BCUT2D eigenvalue weighted by molar-refractivity contribution is -0.166. The van der Waals surface area contributed by atoms with E-state index in [-0.39, 0.29) is 31.1 Å². The molecular formula is C33H43NO8. The van der Waals surface area contributed by atoms with Gasteiger partial charge in [0.05, 0.1) is 40.6 Å². The summed E-state index contributed by atoms with van der Waals surface area (Å²) in [6.45, 7) is 1.89. The van der Waals surface area contributed by atoms with E-state index in [1.165, 1.54) is 0 Å². The highest BCUT2D eigenvalue weighted by Crippen LogP contribution is 2.49. The minimum absolute atomic E-state index is 0.0204. The molecule has 0 saturated carbocycles. The van der Waals surface area contributed by atoms with Crippen molar-refractivity contribution in [1.29, 1.82) is 0 Å². The van der Waals surface area contributed by atoms with E-state index in [9.17, 15) is 14.4 Å². The number of methoxy groups -OCH3 is 4. The van der Waals surface area contributed by atoms with Gasteiger partial charge in [0.1, 0.15) is 11.2 Å². The molecule has 0 bridgehead atoms. The summed E-state index contributed by atoms with van der Waals surface area (Å²) in [5.74, 6) is 1.66.